The van der Waals surface area contributed by atoms with E-state index in [9.17, 15) is 0 Å². The molecule has 1 heteroatoms. The summed E-state index contributed by atoms with van der Waals surface area (Å²) in [5.74, 6) is 2.88. The van der Waals surface area contributed by atoms with Crippen molar-refractivity contribution in [3.05, 3.63) is 0 Å². The van der Waals surface area contributed by atoms with Crippen LogP contribution in [0.2, 0.25) is 0 Å². The molecule has 0 aromatic carbocycles. The summed E-state index contributed by atoms with van der Waals surface area (Å²) in [5, 5.41) is 0. The highest BCUT2D eigenvalue weighted by molar-refractivity contribution is 5.24. The molecule has 80 valence electrons. The first-order valence-corrected chi connectivity index (χ1v) is 6.25. The molecule has 0 saturated heterocycles. The Balaban J connectivity index is 1.99. The zero-order chi connectivity index (χ0) is 9.97. The topological polar surface area (TPSA) is 12.4 Å². The van der Waals surface area contributed by atoms with Crippen molar-refractivity contribution in [2.45, 2.75) is 57.9 Å². The standard InChI is InChI=1S/C13H23N/c1-10(14-2)13-8-11-5-3-4-6-12(7-11)9-13/h10-13H,2-9H2,1H3/t10?,11-,12+,13?. The smallest absolute Gasteiger partial charge is 0.0492 e. The normalized spacial score (nSPS) is 39.9. The number of rotatable bonds is 2. The van der Waals surface area contributed by atoms with E-state index < -0.39 is 0 Å². The lowest BCUT2D eigenvalue weighted by molar-refractivity contribution is 0.180. The van der Waals surface area contributed by atoms with Crippen molar-refractivity contribution < 1.29 is 0 Å². The highest BCUT2D eigenvalue weighted by Crippen LogP contribution is 2.42. The van der Waals surface area contributed by atoms with E-state index in [1.165, 1.54) is 44.9 Å². The van der Waals surface area contributed by atoms with Crippen LogP contribution in [0.25, 0.3) is 0 Å². The Labute approximate surface area is 88.0 Å². The van der Waals surface area contributed by atoms with E-state index in [0.29, 0.717) is 6.04 Å². The van der Waals surface area contributed by atoms with Gasteiger partial charge in [-0.05, 0) is 50.7 Å². The number of aliphatic imine (C=N–C) groups is 1. The third-order valence-electron chi connectivity index (χ3n) is 4.38. The van der Waals surface area contributed by atoms with E-state index in [2.05, 4.69) is 18.6 Å². The van der Waals surface area contributed by atoms with Gasteiger partial charge in [0.15, 0.2) is 0 Å². The van der Waals surface area contributed by atoms with Crippen LogP contribution in [0.1, 0.15) is 51.9 Å². The fourth-order valence-corrected chi connectivity index (χ4v) is 3.50. The van der Waals surface area contributed by atoms with Crippen LogP contribution in [0.4, 0.5) is 0 Å². The summed E-state index contributed by atoms with van der Waals surface area (Å²) in [5.41, 5.74) is 0. The van der Waals surface area contributed by atoms with Crippen molar-refractivity contribution in [3.8, 4) is 0 Å². The minimum atomic E-state index is 0.499. The first-order chi connectivity index (χ1) is 6.79. The lowest BCUT2D eigenvalue weighted by Gasteiger charge is -2.35. The van der Waals surface area contributed by atoms with Gasteiger partial charge in [-0.2, -0.15) is 0 Å². The molecule has 4 atom stereocenters. The molecule has 14 heavy (non-hydrogen) atoms. The molecule has 0 aliphatic heterocycles. The molecule has 0 amide bonds. The van der Waals surface area contributed by atoms with Crippen LogP contribution in [0, 0.1) is 17.8 Å². The number of fused-ring (bicyclic) bond motifs is 2. The molecule has 0 spiro atoms. The van der Waals surface area contributed by atoms with Gasteiger partial charge in [0.1, 0.15) is 0 Å². The van der Waals surface area contributed by atoms with Crippen LogP contribution in [0.3, 0.4) is 0 Å². The van der Waals surface area contributed by atoms with Gasteiger partial charge in [-0.1, -0.05) is 25.7 Å². The zero-order valence-electron chi connectivity index (χ0n) is 9.41. The SMILES string of the molecule is C=NC(C)C1C[C@H]2CCCC[C@@H](C1)C2. The molecular formula is C13H23N. The van der Waals surface area contributed by atoms with Gasteiger partial charge in [-0.3, -0.25) is 4.99 Å². The number of nitrogens with zero attached hydrogens (tertiary/aromatic N) is 1. The molecule has 2 bridgehead atoms. The first-order valence-electron chi connectivity index (χ1n) is 6.25. The van der Waals surface area contributed by atoms with Gasteiger partial charge in [-0.25, -0.2) is 0 Å². The minimum Gasteiger partial charge on any atom is -0.298 e. The Kier molecular flexibility index (Phi) is 3.25. The molecule has 0 heterocycles. The maximum atomic E-state index is 4.22. The van der Waals surface area contributed by atoms with Crippen molar-refractivity contribution in [2.24, 2.45) is 22.7 Å². The second kappa shape index (κ2) is 4.46. The molecule has 2 aliphatic rings. The fourth-order valence-electron chi connectivity index (χ4n) is 3.50. The maximum absolute atomic E-state index is 4.22. The Morgan fingerprint density at radius 2 is 1.64 bits per heavy atom. The predicted octanol–water partition coefficient (Wildman–Crippen LogP) is 3.68. The summed E-state index contributed by atoms with van der Waals surface area (Å²) in [7, 11) is 0. The van der Waals surface area contributed by atoms with Crippen LogP contribution in [0.5, 0.6) is 0 Å². The Morgan fingerprint density at radius 3 is 2.14 bits per heavy atom. The van der Waals surface area contributed by atoms with Crippen LogP contribution in [-0.4, -0.2) is 12.8 Å². The minimum absolute atomic E-state index is 0.499. The first kappa shape index (κ1) is 10.2. The molecule has 2 saturated carbocycles. The maximum Gasteiger partial charge on any atom is 0.0492 e. The fraction of sp³-hybridized carbons (Fsp3) is 0.923. The van der Waals surface area contributed by atoms with Crippen LogP contribution < -0.4 is 0 Å². The van der Waals surface area contributed by atoms with Gasteiger partial charge in [0.2, 0.25) is 0 Å². The number of hydrogen-bond donors (Lipinski definition) is 0. The highest BCUT2D eigenvalue weighted by atomic mass is 14.7. The largest absolute Gasteiger partial charge is 0.298 e. The lowest BCUT2D eigenvalue weighted by Crippen LogP contribution is -2.27. The highest BCUT2D eigenvalue weighted by Gasteiger charge is 2.32. The molecule has 0 aromatic rings. The zero-order valence-corrected chi connectivity index (χ0v) is 9.41. The predicted molar refractivity (Wildman–Crippen MR) is 61.8 cm³/mol. The quantitative estimate of drug-likeness (QED) is 0.593. The van der Waals surface area contributed by atoms with Crippen LogP contribution >= 0.6 is 0 Å². The van der Waals surface area contributed by atoms with Crippen molar-refractivity contribution in [2.75, 3.05) is 0 Å². The molecule has 2 rings (SSSR count). The van der Waals surface area contributed by atoms with Crippen molar-refractivity contribution >= 4 is 6.72 Å². The number of hydrogen-bond acceptors (Lipinski definition) is 1. The van der Waals surface area contributed by atoms with E-state index in [0.717, 1.165) is 17.8 Å². The molecule has 2 aliphatic carbocycles. The summed E-state index contributed by atoms with van der Waals surface area (Å²) in [6.07, 6.45) is 10.3. The molecular weight excluding hydrogens is 170 g/mol. The van der Waals surface area contributed by atoms with Crippen LogP contribution in [-0.2, 0) is 0 Å². The van der Waals surface area contributed by atoms with E-state index in [1.54, 1.807) is 0 Å². The van der Waals surface area contributed by atoms with E-state index in [4.69, 9.17) is 0 Å². The van der Waals surface area contributed by atoms with Gasteiger partial charge in [0, 0.05) is 6.04 Å². The molecule has 1 nitrogen and oxygen atoms in total. The Hall–Kier alpha value is -0.330. The van der Waals surface area contributed by atoms with Crippen molar-refractivity contribution in [1.82, 2.24) is 0 Å². The van der Waals surface area contributed by atoms with Crippen molar-refractivity contribution in [3.63, 3.8) is 0 Å². The Morgan fingerprint density at radius 1 is 1.07 bits per heavy atom. The molecule has 0 radical (unpaired) electrons. The van der Waals surface area contributed by atoms with E-state index in [-0.39, 0.29) is 0 Å². The van der Waals surface area contributed by atoms with Crippen molar-refractivity contribution in [1.29, 1.82) is 0 Å². The van der Waals surface area contributed by atoms with Gasteiger partial charge in [0.05, 0.1) is 0 Å². The van der Waals surface area contributed by atoms with Gasteiger partial charge in [-0.15, -0.1) is 0 Å². The summed E-state index contributed by atoms with van der Waals surface area (Å²) in [6, 6.07) is 0.499. The average Bonchev–Trinajstić information content (AvgIpc) is 2.38. The molecule has 2 fully saturated rings. The molecule has 0 N–H and O–H groups in total. The molecule has 2 unspecified atom stereocenters. The van der Waals surface area contributed by atoms with Gasteiger partial charge >= 0.3 is 0 Å². The van der Waals surface area contributed by atoms with E-state index in [1.807, 2.05) is 0 Å². The van der Waals surface area contributed by atoms with Gasteiger partial charge < -0.3 is 0 Å². The van der Waals surface area contributed by atoms with E-state index >= 15 is 0 Å². The second-order valence-corrected chi connectivity index (χ2v) is 5.41. The average molecular weight is 193 g/mol. The molecule has 0 aromatic heterocycles. The second-order valence-electron chi connectivity index (χ2n) is 5.41. The monoisotopic (exact) mass is 193 g/mol. The lowest BCUT2D eigenvalue weighted by atomic mass is 9.72. The summed E-state index contributed by atoms with van der Waals surface area (Å²) in [6.45, 7) is 5.95. The third kappa shape index (κ3) is 2.18. The summed E-state index contributed by atoms with van der Waals surface area (Å²) >= 11 is 0. The van der Waals surface area contributed by atoms with Gasteiger partial charge in [0.25, 0.3) is 0 Å². The third-order valence-corrected chi connectivity index (χ3v) is 4.38. The van der Waals surface area contributed by atoms with Crippen LogP contribution in [0.15, 0.2) is 4.99 Å². The summed E-state index contributed by atoms with van der Waals surface area (Å²) in [4.78, 5) is 4.22. The summed E-state index contributed by atoms with van der Waals surface area (Å²) < 4.78 is 0. The Bertz CT molecular complexity index is 185.